The summed E-state index contributed by atoms with van der Waals surface area (Å²) >= 11 is 0. The maximum absolute atomic E-state index is 11.4. The molecule has 0 aliphatic heterocycles. The van der Waals surface area contributed by atoms with Crippen LogP contribution in [0.3, 0.4) is 0 Å². The van der Waals surface area contributed by atoms with Gasteiger partial charge in [-0.2, -0.15) is 0 Å². The van der Waals surface area contributed by atoms with E-state index in [9.17, 15) is 4.79 Å². The van der Waals surface area contributed by atoms with Gasteiger partial charge in [-0.1, -0.05) is 13.0 Å². The second-order valence-corrected chi connectivity index (χ2v) is 4.22. The predicted molar refractivity (Wildman–Crippen MR) is 47.6 cm³/mol. The molecule has 2 nitrogen and oxygen atoms in total. The summed E-state index contributed by atoms with van der Waals surface area (Å²) in [5.41, 5.74) is 1.23. The van der Waals surface area contributed by atoms with Crippen LogP contribution >= 0.6 is 0 Å². The lowest BCUT2D eigenvalue weighted by Gasteiger charge is -2.23. The number of likely N-dealkylation sites (N-methyl/N-ethyl adjacent to an activating group) is 1. The Hall–Kier alpha value is -0.790. The molecule has 2 aliphatic rings. The Labute approximate surface area is 73.0 Å². The van der Waals surface area contributed by atoms with Crippen LogP contribution in [0.5, 0.6) is 0 Å². The molecule has 0 aromatic rings. The first-order valence-electron chi connectivity index (χ1n) is 4.60. The average Bonchev–Trinajstić information content (AvgIpc) is 2.57. The predicted octanol–water partition coefficient (Wildman–Crippen LogP) is 1.48. The molecular weight excluding hydrogens is 150 g/mol. The number of rotatable bonds is 1. The summed E-state index contributed by atoms with van der Waals surface area (Å²) in [5, 5.41) is 2.71. The van der Waals surface area contributed by atoms with Crippen LogP contribution in [0.1, 0.15) is 26.2 Å². The van der Waals surface area contributed by atoms with E-state index in [0.29, 0.717) is 5.92 Å². The molecule has 0 saturated heterocycles. The highest BCUT2D eigenvalue weighted by atomic mass is 16.1. The molecule has 66 valence electrons. The first-order chi connectivity index (χ1) is 5.65. The molecule has 1 fully saturated rings. The molecule has 0 aromatic heterocycles. The van der Waals surface area contributed by atoms with E-state index in [4.69, 9.17) is 0 Å². The molecule has 2 unspecified atom stereocenters. The summed E-state index contributed by atoms with van der Waals surface area (Å²) in [4.78, 5) is 11.4. The average molecular weight is 165 g/mol. The lowest BCUT2D eigenvalue weighted by atomic mass is 9.82. The van der Waals surface area contributed by atoms with Crippen LogP contribution in [-0.4, -0.2) is 13.0 Å². The zero-order valence-electron chi connectivity index (χ0n) is 7.68. The molecule has 0 spiro atoms. The summed E-state index contributed by atoms with van der Waals surface area (Å²) < 4.78 is 0. The number of carbonyl (C=O) groups excluding carboxylic acids is 1. The number of hydrogen-bond acceptors (Lipinski definition) is 1. The second-order valence-electron chi connectivity index (χ2n) is 4.22. The Morgan fingerprint density at radius 1 is 1.75 bits per heavy atom. The van der Waals surface area contributed by atoms with E-state index < -0.39 is 0 Å². The van der Waals surface area contributed by atoms with Crippen molar-refractivity contribution in [2.24, 2.45) is 11.3 Å². The van der Waals surface area contributed by atoms with Crippen molar-refractivity contribution in [3.05, 3.63) is 11.6 Å². The second kappa shape index (κ2) is 2.35. The largest absolute Gasteiger partial charge is 0.355 e. The molecule has 2 atom stereocenters. The molecule has 1 N–H and O–H groups in total. The van der Waals surface area contributed by atoms with E-state index in [2.05, 4.69) is 18.3 Å². The molecule has 1 amide bonds. The van der Waals surface area contributed by atoms with Crippen molar-refractivity contribution in [1.29, 1.82) is 0 Å². The SMILES string of the molecule is CNC(=O)C1=CC2CCC1(C)C2. The minimum Gasteiger partial charge on any atom is -0.355 e. The van der Waals surface area contributed by atoms with E-state index in [1.807, 2.05) is 0 Å². The van der Waals surface area contributed by atoms with Gasteiger partial charge in [-0.25, -0.2) is 0 Å². The van der Waals surface area contributed by atoms with E-state index in [1.54, 1.807) is 7.05 Å². The van der Waals surface area contributed by atoms with Crippen LogP contribution in [0.15, 0.2) is 11.6 Å². The van der Waals surface area contributed by atoms with Crippen LogP contribution in [0, 0.1) is 11.3 Å². The molecule has 12 heavy (non-hydrogen) atoms. The monoisotopic (exact) mass is 165 g/mol. The van der Waals surface area contributed by atoms with Gasteiger partial charge in [0.05, 0.1) is 0 Å². The molecule has 2 rings (SSSR count). The van der Waals surface area contributed by atoms with Gasteiger partial charge in [0, 0.05) is 12.6 Å². The summed E-state index contributed by atoms with van der Waals surface area (Å²) in [6, 6.07) is 0. The van der Waals surface area contributed by atoms with Gasteiger partial charge in [0.2, 0.25) is 5.91 Å². The van der Waals surface area contributed by atoms with Crippen LogP contribution in [0.4, 0.5) is 0 Å². The van der Waals surface area contributed by atoms with Gasteiger partial charge in [-0.05, 0) is 30.6 Å². The van der Waals surface area contributed by atoms with E-state index >= 15 is 0 Å². The maximum atomic E-state index is 11.4. The lowest BCUT2D eigenvalue weighted by Crippen LogP contribution is -2.28. The fraction of sp³-hybridized carbons (Fsp3) is 0.700. The summed E-state index contributed by atoms with van der Waals surface area (Å²) in [5.74, 6) is 0.807. The highest BCUT2D eigenvalue weighted by Gasteiger charge is 2.45. The lowest BCUT2D eigenvalue weighted by molar-refractivity contribution is -0.118. The topological polar surface area (TPSA) is 29.1 Å². The van der Waals surface area contributed by atoms with Gasteiger partial charge in [0.15, 0.2) is 0 Å². The standard InChI is InChI=1S/C10H15NO/c1-10-4-3-7(6-10)5-8(10)9(12)11-2/h5,7H,3-4,6H2,1-2H3,(H,11,12). The van der Waals surface area contributed by atoms with Crippen molar-refractivity contribution >= 4 is 5.91 Å². The summed E-state index contributed by atoms with van der Waals surface area (Å²) in [6.07, 6.45) is 5.83. The Kier molecular flexibility index (Phi) is 1.53. The molecule has 0 aromatic carbocycles. The van der Waals surface area contributed by atoms with Crippen molar-refractivity contribution in [3.8, 4) is 0 Å². The highest BCUT2D eigenvalue weighted by molar-refractivity contribution is 5.95. The zero-order valence-corrected chi connectivity index (χ0v) is 7.68. The van der Waals surface area contributed by atoms with Crippen molar-refractivity contribution in [2.75, 3.05) is 7.05 Å². The van der Waals surface area contributed by atoms with Gasteiger partial charge in [-0.3, -0.25) is 4.79 Å². The third-order valence-electron chi connectivity index (χ3n) is 3.30. The Balaban J connectivity index is 2.28. The van der Waals surface area contributed by atoms with Crippen molar-refractivity contribution in [2.45, 2.75) is 26.2 Å². The maximum Gasteiger partial charge on any atom is 0.247 e. The van der Waals surface area contributed by atoms with Crippen molar-refractivity contribution < 1.29 is 4.79 Å². The Morgan fingerprint density at radius 2 is 2.50 bits per heavy atom. The molecule has 1 saturated carbocycles. The number of carbonyl (C=O) groups is 1. The van der Waals surface area contributed by atoms with Crippen LogP contribution in [0.25, 0.3) is 0 Å². The van der Waals surface area contributed by atoms with E-state index in [-0.39, 0.29) is 11.3 Å². The first kappa shape index (κ1) is 7.84. The third-order valence-corrected chi connectivity index (χ3v) is 3.30. The molecule has 2 bridgehead atoms. The van der Waals surface area contributed by atoms with Gasteiger partial charge < -0.3 is 5.32 Å². The normalized spacial score (nSPS) is 38.2. The fourth-order valence-corrected chi connectivity index (χ4v) is 2.59. The van der Waals surface area contributed by atoms with Crippen LogP contribution in [-0.2, 0) is 4.79 Å². The minimum absolute atomic E-state index is 0.125. The molecule has 2 heteroatoms. The zero-order chi connectivity index (χ0) is 8.77. The number of allylic oxidation sites excluding steroid dienone is 1. The number of nitrogens with one attached hydrogen (secondary N) is 1. The number of hydrogen-bond donors (Lipinski definition) is 1. The Bertz CT molecular complexity index is 257. The van der Waals surface area contributed by atoms with Gasteiger partial charge >= 0.3 is 0 Å². The quantitative estimate of drug-likeness (QED) is 0.626. The first-order valence-corrected chi connectivity index (χ1v) is 4.60. The van der Waals surface area contributed by atoms with E-state index in [0.717, 1.165) is 5.57 Å². The van der Waals surface area contributed by atoms with Crippen LogP contribution in [0.2, 0.25) is 0 Å². The molecule has 0 radical (unpaired) electrons. The minimum atomic E-state index is 0.125. The van der Waals surface area contributed by atoms with Gasteiger partial charge in [-0.15, -0.1) is 0 Å². The summed E-state index contributed by atoms with van der Waals surface area (Å²) in [7, 11) is 1.71. The smallest absolute Gasteiger partial charge is 0.247 e. The Morgan fingerprint density at radius 3 is 2.92 bits per heavy atom. The van der Waals surface area contributed by atoms with Gasteiger partial charge in [0.25, 0.3) is 0 Å². The van der Waals surface area contributed by atoms with Crippen molar-refractivity contribution in [1.82, 2.24) is 5.32 Å². The van der Waals surface area contributed by atoms with Crippen LogP contribution < -0.4 is 5.32 Å². The third kappa shape index (κ3) is 0.904. The van der Waals surface area contributed by atoms with Crippen molar-refractivity contribution in [3.63, 3.8) is 0 Å². The summed E-state index contributed by atoms with van der Waals surface area (Å²) in [6.45, 7) is 2.21. The number of fused-ring (bicyclic) bond motifs is 2. The van der Waals surface area contributed by atoms with Gasteiger partial charge in [0.1, 0.15) is 0 Å². The fourth-order valence-electron chi connectivity index (χ4n) is 2.59. The van der Waals surface area contributed by atoms with E-state index in [1.165, 1.54) is 19.3 Å². The highest BCUT2D eigenvalue weighted by Crippen LogP contribution is 2.53. The number of amides is 1. The molecule has 0 heterocycles. The molecule has 2 aliphatic carbocycles. The molecular formula is C10H15NO.